The first-order valence-corrected chi connectivity index (χ1v) is 8.15. The summed E-state index contributed by atoms with van der Waals surface area (Å²) in [5.41, 5.74) is 2.51. The van der Waals surface area contributed by atoms with Gasteiger partial charge < -0.3 is 0 Å². The van der Waals surface area contributed by atoms with Gasteiger partial charge in [0.15, 0.2) is 0 Å². The summed E-state index contributed by atoms with van der Waals surface area (Å²) in [6, 6.07) is 28.2. The van der Waals surface area contributed by atoms with Gasteiger partial charge in [-0.05, 0) is 61.6 Å². The summed E-state index contributed by atoms with van der Waals surface area (Å²) >= 11 is 0. The van der Waals surface area contributed by atoms with Crippen LogP contribution in [0.3, 0.4) is 0 Å². The molecular formula is C23H15N. The number of benzene rings is 4. The third-order valence-corrected chi connectivity index (χ3v) is 4.72. The van der Waals surface area contributed by atoms with E-state index >= 15 is 0 Å². The van der Waals surface area contributed by atoms with Gasteiger partial charge in [0.25, 0.3) is 0 Å². The molecule has 0 aliphatic heterocycles. The third-order valence-electron chi connectivity index (χ3n) is 4.72. The fourth-order valence-electron chi connectivity index (χ4n) is 3.66. The van der Waals surface area contributed by atoms with E-state index in [4.69, 9.17) is 0 Å². The first-order valence-electron chi connectivity index (χ1n) is 8.15. The van der Waals surface area contributed by atoms with Crippen LogP contribution < -0.4 is 0 Å². The lowest BCUT2D eigenvalue weighted by molar-refractivity contribution is 1.33. The second kappa shape index (κ2) is 5.17. The van der Waals surface area contributed by atoms with Gasteiger partial charge in [-0.15, -0.1) is 0 Å². The molecule has 0 amide bonds. The second-order valence-corrected chi connectivity index (χ2v) is 6.09. The topological polar surface area (TPSA) is 12.9 Å². The Morgan fingerprint density at radius 1 is 0.542 bits per heavy atom. The lowest BCUT2D eigenvalue weighted by Gasteiger charge is -2.14. The number of pyridine rings is 1. The fourth-order valence-corrected chi connectivity index (χ4v) is 3.66. The number of rotatable bonds is 1. The normalized spacial score (nSPS) is 11.3. The largest absolute Gasteiger partial charge is 0.265 e. The van der Waals surface area contributed by atoms with Crippen molar-refractivity contribution >= 4 is 32.3 Å². The zero-order chi connectivity index (χ0) is 15.9. The van der Waals surface area contributed by atoms with Gasteiger partial charge in [0.05, 0.1) is 0 Å². The molecule has 0 unspecified atom stereocenters. The maximum Gasteiger partial charge on any atom is 0.0273 e. The van der Waals surface area contributed by atoms with Crippen molar-refractivity contribution < 1.29 is 0 Å². The number of fused-ring (bicyclic) bond motifs is 4. The predicted molar refractivity (Wildman–Crippen MR) is 102 cm³/mol. The second-order valence-electron chi connectivity index (χ2n) is 6.09. The van der Waals surface area contributed by atoms with E-state index in [-0.39, 0.29) is 0 Å². The fraction of sp³-hybridized carbons (Fsp3) is 0. The average Bonchev–Trinajstić information content (AvgIpc) is 2.66. The van der Waals surface area contributed by atoms with Crippen LogP contribution in [0.5, 0.6) is 0 Å². The van der Waals surface area contributed by atoms with E-state index in [1.165, 1.54) is 43.4 Å². The van der Waals surface area contributed by atoms with Crippen molar-refractivity contribution in [1.29, 1.82) is 0 Å². The van der Waals surface area contributed by atoms with Crippen molar-refractivity contribution in [2.24, 2.45) is 0 Å². The van der Waals surface area contributed by atoms with E-state index in [1.54, 1.807) is 0 Å². The molecule has 1 nitrogen and oxygen atoms in total. The summed E-state index contributed by atoms with van der Waals surface area (Å²) in [7, 11) is 0. The van der Waals surface area contributed by atoms with E-state index in [0.29, 0.717) is 0 Å². The predicted octanol–water partition coefficient (Wildman–Crippen LogP) is 6.21. The Hall–Kier alpha value is -3.19. The Bertz CT molecular complexity index is 1190. The maximum atomic E-state index is 4.19. The third kappa shape index (κ3) is 1.92. The van der Waals surface area contributed by atoms with E-state index < -0.39 is 0 Å². The molecule has 112 valence electrons. The van der Waals surface area contributed by atoms with E-state index in [0.717, 1.165) is 0 Å². The highest BCUT2D eigenvalue weighted by Gasteiger charge is 2.12. The summed E-state index contributed by atoms with van der Waals surface area (Å²) in [5.74, 6) is 0. The Labute approximate surface area is 140 Å². The van der Waals surface area contributed by atoms with Crippen LogP contribution in [0.15, 0.2) is 91.3 Å². The molecule has 0 aliphatic rings. The van der Waals surface area contributed by atoms with Gasteiger partial charge in [-0.1, -0.05) is 60.7 Å². The molecule has 0 saturated heterocycles. The SMILES string of the molecule is c1ccc2c(-c3ccncc3)c3c(ccc4ccccc43)cc2c1. The molecule has 0 saturated carbocycles. The number of hydrogen-bond acceptors (Lipinski definition) is 1. The molecule has 0 aliphatic carbocycles. The van der Waals surface area contributed by atoms with Crippen molar-refractivity contribution in [3.8, 4) is 11.1 Å². The van der Waals surface area contributed by atoms with Crippen molar-refractivity contribution in [1.82, 2.24) is 4.98 Å². The molecule has 0 N–H and O–H groups in total. The minimum absolute atomic E-state index is 1.21. The molecule has 1 aromatic heterocycles. The van der Waals surface area contributed by atoms with Gasteiger partial charge >= 0.3 is 0 Å². The van der Waals surface area contributed by atoms with Crippen molar-refractivity contribution in [2.75, 3.05) is 0 Å². The molecule has 5 rings (SSSR count). The molecule has 0 bridgehead atoms. The summed E-state index contributed by atoms with van der Waals surface area (Å²) < 4.78 is 0. The van der Waals surface area contributed by atoms with E-state index in [2.05, 4.69) is 83.8 Å². The molecule has 4 aromatic carbocycles. The van der Waals surface area contributed by atoms with Gasteiger partial charge in [0, 0.05) is 12.4 Å². The van der Waals surface area contributed by atoms with Gasteiger partial charge in [0.2, 0.25) is 0 Å². The average molecular weight is 305 g/mol. The van der Waals surface area contributed by atoms with Crippen LogP contribution in [-0.2, 0) is 0 Å². The van der Waals surface area contributed by atoms with Gasteiger partial charge in [-0.25, -0.2) is 0 Å². The van der Waals surface area contributed by atoms with Crippen molar-refractivity contribution in [2.45, 2.75) is 0 Å². The van der Waals surface area contributed by atoms with Crippen LogP contribution in [0.4, 0.5) is 0 Å². The van der Waals surface area contributed by atoms with Gasteiger partial charge in [-0.3, -0.25) is 4.98 Å². The Balaban J connectivity index is 2.10. The van der Waals surface area contributed by atoms with Crippen LogP contribution >= 0.6 is 0 Å². The quantitative estimate of drug-likeness (QED) is 0.265. The molecule has 24 heavy (non-hydrogen) atoms. The lowest BCUT2D eigenvalue weighted by atomic mass is 9.89. The van der Waals surface area contributed by atoms with Crippen molar-refractivity contribution in [3.05, 3.63) is 91.3 Å². The highest BCUT2D eigenvalue weighted by atomic mass is 14.6. The summed E-state index contributed by atoms with van der Waals surface area (Å²) in [6.45, 7) is 0. The molecular weight excluding hydrogens is 290 g/mol. The highest BCUT2D eigenvalue weighted by Crippen LogP contribution is 2.39. The number of hydrogen-bond donors (Lipinski definition) is 0. The molecule has 0 fully saturated rings. The van der Waals surface area contributed by atoms with Crippen LogP contribution in [-0.4, -0.2) is 4.98 Å². The van der Waals surface area contributed by atoms with Gasteiger partial charge in [-0.2, -0.15) is 0 Å². The minimum Gasteiger partial charge on any atom is -0.265 e. The summed E-state index contributed by atoms with van der Waals surface area (Å²) in [5, 5.41) is 7.72. The minimum atomic E-state index is 1.21. The lowest BCUT2D eigenvalue weighted by Crippen LogP contribution is -1.87. The molecule has 1 heteroatoms. The molecule has 5 aromatic rings. The zero-order valence-corrected chi connectivity index (χ0v) is 13.1. The first-order chi connectivity index (χ1) is 11.9. The highest BCUT2D eigenvalue weighted by molar-refractivity contribution is 6.21. The van der Waals surface area contributed by atoms with Crippen LogP contribution in [0.2, 0.25) is 0 Å². The van der Waals surface area contributed by atoms with Crippen LogP contribution in [0, 0.1) is 0 Å². The molecule has 0 radical (unpaired) electrons. The Morgan fingerprint density at radius 2 is 1.21 bits per heavy atom. The zero-order valence-electron chi connectivity index (χ0n) is 13.1. The van der Waals surface area contributed by atoms with Gasteiger partial charge in [0.1, 0.15) is 0 Å². The number of nitrogens with zero attached hydrogens (tertiary/aromatic N) is 1. The summed E-state index contributed by atoms with van der Waals surface area (Å²) in [4.78, 5) is 4.19. The Morgan fingerprint density at radius 3 is 2.04 bits per heavy atom. The van der Waals surface area contributed by atoms with Crippen LogP contribution in [0.1, 0.15) is 0 Å². The standard InChI is InChI=1S/C23H15N/c1-3-7-20-16(5-1)9-10-19-15-18-6-2-4-8-21(18)22(23(19)20)17-11-13-24-14-12-17/h1-15H. The molecule has 1 heterocycles. The van der Waals surface area contributed by atoms with Crippen LogP contribution in [0.25, 0.3) is 43.4 Å². The Kier molecular flexibility index (Phi) is 2.86. The molecule has 0 atom stereocenters. The maximum absolute atomic E-state index is 4.19. The monoisotopic (exact) mass is 305 g/mol. The molecule has 0 spiro atoms. The first kappa shape index (κ1) is 13.3. The smallest absolute Gasteiger partial charge is 0.0273 e. The van der Waals surface area contributed by atoms with Crippen molar-refractivity contribution in [3.63, 3.8) is 0 Å². The van der Waals surface area contributed by atoms with E-state index in [1.807, 2.05) is 12.4 Å². The number of aromatic nitrogens is 1. The summed E-state index contributed by atoms with van der Waals surface area (Å²) in [6.07, 6.45) is 3.74. The van der Waals surface area contributed by atoms with E-state index in [9.17, 15) is 0 Å².